The Hall–Kier alpha value is -0.0800. The zero-order chi connectivity index (χ0) is 8.53. The van der Waals surface area contributed by atoms with Gasteiger partial charge in [0.05, 0.1) is 0 Å². The van der Waals surface area contributed by atoms with Crippen LogP contribution in [0.15, 0.2) is 0 Å². The fourth-order valence-electron chi connectivity index (χ4n) is 1.23. The molecule has 0 bridgehead atoms. The maximum absolute atomic E-state index is 3.46. The fraction of sp³-hybridized carbons (Fsp3) is 1.00. The summed E-state index contributed by atoms with van der Waals surface area (Å²) < 4.78 is 0. The van der Waals surface area contributed by atoms with Gasteiger partial charge in [0.2, 0.25) is 0 Å². The van der Waals surface area contributed by atoms with Crippen LogP contribution in [0, 0.1) is 0 Å². The average Bonchev–Trinajstić information content (AvgIpc) is 2.01. The summed E-state index contributed by atoms with van der Waals surface area (Å²) in [5.74, 6) is 0. The first-order valence-corrected chi connectivity index (χ1v) is 4.79. The summed E-state index contributed by atoms with van der Waals surface area (Å²) in [5, 5.41) is 6.81. The Morgan fingerprint density at radius 1 is 1.09 bits per heavy atom. The molecule has 0 aromatic rings. The predicted octanol–water partition coefficient (Wildman–Crippen LogP) is 1.37. The molecule has 0 saturated heterocycles. The largest absolute Gasteiger partial charge is 0.315 e. The van der Waals surface area contributed by atoms with Gasteiger partial charge in [-0.05, 0) is 19.5 Å². The van der Waals surface area contributed by atoms with E-state index in [1.54, 1.807) is 0 Å². The summed E-state index contributed by atoms with van der Waals surface area (Å²) in [7, 11) is 0. The lowest BCUT2D eigenvalue weighted by Crippen LogP contribution is -2.38. The minimum atomic E-state index is 0.671. The molecule has 0 rings (SSSR count). The van der Waals surface area contributed by atoms with Crippen LogP contribution in [-0.2, 0) is 0 Å². The van der Waals surface area contributed by atoms with Crippen molar-refractivity contribution in [3.8, 4) is 0 Å². The van der Waals surface area contributed by atoms with E-state index in [-0.39, 0.29) is 0 Å². The van der Waals surface area contributed by atoms with E-state index in [0.717, 1.165) is 19.6 Å². The van der Waals surface area contributed by atoms with Crippen molar-refractivity contribution in [2.75, 3.05) is 19.6 Å². The third-order valence-corrected chi connectivity index (χ3v) is 1.77. The van der Waals surface area contributed by atoms with Gasteiger partial charge in [0, 0.05) is 12.6 Å². The van der Waals surface area contributed by atoms with E-state index in [2.05, 4.69) is 31.4 Å². The van der Waals surface area contributed by atoms with Crippen LogP contribution in [0.2, 0.25) is 0 Å². The number of nitrogens with one attached hydrogen (secondary N) is 2. The van der Waals surface area contributed by atoms with E-state index < -0.39 is 0 Å². The van der Waals surface area contributed by atoms with Crippen molar-refractivity contribution >= 4 is 0 Å². The van der Waals surface area contributed by atoms with Crippen LogP contribution < -0.4 is 10.6 Å². The lowest BCUT2D eigenvalue weighted by atomic mass is 10.1. The van der Waals surface area contributed by atoms with E-state index in [4.69, 9.17) is 0 Å². The van der Waals surface area contributed by atoms with Gasteiger partial charge >= 0.3 is 0 Å². The highest BCUT2D eigenvalue weighted by atomic mass is 15.0. The predicted molar refractivity (Wildman–Crippen MR) is 50.9 cm³/mol. The molecule has 0 spiro atoms. The van der Waals surface area contributed by atoms with Gasteiger partial charge in [0.15, 0.2) is 0 Å². The Kier molecular flexibility index (Phi) is 7.96. The lowest BCUT2D eigenvalue weighted by Gasteiger charge is -2.16. The molecule has 11 heavy (non-hydrogen) atoms. The molecule has 2 heteroatoms. The topological polar surface area (TPSA) is 24.1 Å². The Morgan fingerprint density at radius 3 is 2.27 bits per heavy atom. The molecular formula is C9H22N2. The Labute approximate surface area is 70.8 Å². The van der Waals surface area contributed by atoms with Gasteiger partial charge in [-0.1, -0.05) is 27.2 Å². The first kappa shape index (κ1) is 10.9. The molecule has 0 aromatic heterocycles. The second-order valence-corrected chi connectivity index (χ2v) is 2.85. The molecule has 0 saturated carbocycles. The number of hydrogen-bond acceptors (Lipinski definition) is 2. The Bertz CT molecular complexity index is 68.0. The number of likely N-dealkylation sites (N-methyl/N-ethyl adjacent to an activating group) is 2. The van der Waals surface area contributed by atoms with Crippen molar-refractivity contribution in [1.29, 1.82) is 0 Å². The van der Waals surface area contributed by atoms with Gasteiger partial charge < -0.3 is 10.6 Å². The highest BCUT2D eigenvalue weighted by Gasteiger charge is 2.02. The van der Waals surface area contributed by atoms with Gasteiger partial charge in [-0.25, -0.2) is 0 Å². The summed E-state index contributed by atoms with van der Waals surface area (Å²) in [6.45, 7) is 9.81. The van der Waals surface area contributed by atoms with Crippen LogP contribution >= 0.6 is 0 Å². The number of hydrogen-bond donors (Lipinski definition) is 2. The molecule has 0 aromatic carbocycles. The van der Waals surface area contributed by atoms with Gasteiger partial charge in [-0.15, -0.1) is 0 Å². The quantitative estimate of drug-likeness (QED) is 0.585. The molecule has 0 heterocycles. The molecule has 0 aliphatic carbocycles. The first-order chi connectivity index (χ1) is 5.35. The summed E-state index contributed by atoms with van der Waals surface area (Å²) in [6.07, 6.45) is 2.55. The zero-order valence-corrected chi connectivity index (χ0v) is 8.11. The minimum Gasteiger partial charge on any atom is -0.315 e. The smallest absolute Gasteiger partial charge is 0.0192 e. The summed E-state index contributed by atoms with van der Waals surface area (Å²) in [4.78, 5) is 0. The van der Waals surface area contributed by atoms with Crippen LogP contribution in [0.1, 0.15) is 33.6 Å². The van der Waals surface area contributed by atoms with E-state index in [1.165, 1.54) is 12.8 Å². The van der Waals surface area contributed by atoms with Gasteiger partial charge in [-0.3, -0.25) is 0 Å². The molecule has 0 aliphatic heterocycles. The highest BCUT2D eigenvalue weighted by Crippen LogP contribution is 1.94. The van der Waals surface area contributed by atoms with Crippen molar-refractivity contribution in [3.63, 3.8) is 0 Å². The van der Waals surface area contributed by atoms with Gasteiger partial charge in [0.25, 0.3) is 0 Å². The van der Waals surface area contributed by atoms with E-state index >= 15 is 0 Å². The minimum absolute atomic E-state index is 0.671. The molecule has 2 N–H and O–H groups in total. The Morgan fingerprint density at radius 2 is 1.82 bits per heavy atom. The molecule has 0 aliphatic rings. The fourth-order valence-corrected chi connectivity index (χ4v) is 1.23. The molecule has 1 unspecified atom stereocenters. The van der Waals surface area contributed by atoms with Gasteiger partial charge in [-0.2, -0.15) is 0 Å². The van der Waals surface area contributed by atoms with E-state index in [1.807, 2.05) is 0 Å². The number of rotatable bonds is 7. The molecule has 68 valence electrons. The maximum Gasteiger partial charge on any atom is 0.0192 e. The molecule has 1 atom stereocenters. The third kappa shape index (κ3) is 6.32. The van der Waals surface area contributed by atoms with Crippen LogP contribution in [0.4, 0.5) is 0 Å². The van der Waals surface area contributed by atoms with Crippen LogP contribution in [0.3, 0.4) is 0 Å². The molecule has 0 amide bonds. The molecular weight excluding hydrogens is 136 g/mol. The van der Waals surface area contributed by atoms with E-state index in [9.17, 15) is 0 Å². The van der Waals surface area contributed by atoms with Crippen LogP contribution in [-0.4, -0.2) is 25.7 Å². The SMILES string of the molecule is CCCC(CNCC)NCC. The van der Waals surface area contributed by atoms with Crippen molar-refractivity contribution in [2.45, 2.75) is 39.7 Å². The molecule has 0 radical (unpaired) electrons. The summed E-state index contributed by atoms with van der Waals surface area (Å²) >= 11 is 0. The monoisotopic (exact) mass is 158 g/mol. The Balaban J connectivity index is 3.34. The highest BCUT2D eigenvalue weighted by molar-refractivity contribution is 4.67. The van der Waals surface area contributed by atoms with Crippen molar-refractivity contribution in [1.82, 2.24) is 10.6 Å². The second-order valence-electron chi connectivity index (χ2n) is 2.85. The van der Waals surface area contributed by atoms with Crippen LogP contribution in [0.5, 0.6) is 0 Å². The van der Waals surface area contributed by atoms with Crippen molar-refractivity contribution in [3.05, 3.63) is 0 Å². The maximum atomic E-state index is 3.46. The summed E-state index contributed by atoms with van der Waals surface area (Å²) in [6, 6.07) is 0.671. The normalized spacial score (nSPS) is 13.4. The zero-order valence-electron chi connectivity index (χ0n) is 8.11. The van der Waals surface area contributed by atoms with Crippen molar-refractivity contribution in [2.24, 2.45) is 0 Å². The van der Waals surface area contributed by atoms with Crippen LogP contribution in [0.25, 0.3) is 0 Å². The molecule has 2 nitrogen and oxygen atoms in total. The summed E-state index contributed by atoms with van der Waals surface area (Å²) in [5.41, 5.74) is 0. The first-order valence-electron chi connectivity index (χ1n) is 4.79. The van der Waals surface area contributed by atoms with Crippen molar-refractivity contribution < 1.29 is 0 Å². The third-order valence-electron chi connectivity index (χ3n) is 1.77. The van der Waals surface area contributed by atoms with Gasteiger partial charge in [0.1, 0.15) is 0 Å². The standard InChI is InChI=1S/C9H22N2/c1-4-7-9(11-6-3)8-10-5-2/h9-11H,4-8H2,1-3H3. The lowest BCUT2D eigenvalue weighted by molar-refractivity contribution is 0.459. The second kappa shape index (κ2) is 8.02. The van der Waals surface area contributed by atoms with E-state index in [0.29, 0.717) is 6.04 Å². The molecule has 0 fully saturated rings. The average molecular weight is 158 g/mol.